The fourth-order valence-corrected chi connectivity index (χ4v) is 2.98. The highest BCUT2D eigenvalue weighted by Crippen LogP contribution is 2.35. The predicted molar refractivity (Wildman–Crippen MR) is 101 cm³/mol. The molecule has 1 aromatic rings. The first kappa shape index (κ1) is 19.3. The Balaban J connectivity index is 3.11. The van der Waals surface area contributed by atoms with Gasteiger partial charge in [0.2, 0.25) is 0 Å². The van der Waals surface area contributed by atoms with Crippen molar-refractivity contribution in [3.05, 3.63) is 34.9 Å². The molecular weight excluding hydrogens is 264 g/mol. The minimum absolute atomic E-state index is 0.277. The molecule has 1 aromatic carbocycles. The van der Waals surface area contributed by atoms with Gasteiger partial charge in [-0.1, -0.05) is 85.9 Å². The molecule has 0 saturated heterocycles. The van der Waals surface area contributed by atoms with Gasteiger partial charge in [0.25, 0.3) is 0 Å². The van der Waals surface area contributed by atoms with E-state index in [0.717, 1.165) is 0 Å². The van der Waals surface area contributed by atoms with E-state index in [1.807, 2.05) is 0 Å². The van der Waals surface area contributed by atoms with Crippen molar-refractivity contribution in [1.29, 1.82) is 0 Å². The Morgan fingerprint density at radius 2 is 1.41 bits per heavy atom. The van der Waals surface area contributed by atoms with Gasteiger partial charge in [-0.05, 0) is 53.2 Å². The third-order valence-electron chi connectivity index (χ3n) is 5.69. The smallest absolute Gasteiger partial charge is 0.0103 e. The van der Waals surface area contributed by atoms with Crippen LogP contribution in [0.4, 0.5) is 0 Å². The molecule has 0 aliphatic rings. The standard InChI is InChI=1S/C22H38/c1-8-11-12-13-14-18-15-16-19(21(4,5)9-2)17-20(18)22(6,7)10-3/h15-17H,8-14H2,1-7H3. The summed E-state index contributed by atoms with van der Waals surface area (Å²) in [6.45, 7) is 16.4. The van der Waals surface area contributed by atoms with Crippen LogP contribution in [0.25, 0.3) is 0 Å². The quantitative estimate of drug-likeness (QED) is 0.424. The largest absolute Gasteiger partial charge is 0.0654 e. The van der Waals surface area contributed by atoms with E-state index in [2.05, 4.69) is 66.7 Å². The summed E-state index contributed by atoms with van der Waals surface area (Å²) in [4.78, 5) is 0. The van der Waals surface area contributed by atoms with Gasteiger partial charge in [0.15, 0.2) is 0 Å². The van der Waals surface area contributed by atoms with Gasteiger partial charge in [0, 0.05) is 0 Å². The average molecular weight is 303 g/mol. The first-order valence-corrected chi connectivity index (χ1v) is 9.42. The van der Waals surface area contributed by atoms with Crippen LogP contribution in [-0.2, 0) is 17.3 Å². The molecule has 0 aromatic heterocycles. The molecule has 0 radical (unpaired) electrons. The summed E-state index contributed by atoms with van der Waals surface area (Å²) in [5.41, 5.74) is 5.23. The van der Waals surface area contributed by atoms with E-state index in [-0.39, 0.29) is 10.8 Å². The molecule has 0 N–H and O–H groups in total. The van der Waals surface area contributed by atoms with Crippen molar-refractivity contribution in [3.63, 3.8) is 0 Å². The van der Waals surface area contributed by atoms with E-state index in [1.165, 1.54) is 50.5 Å². The molecule has 126 valence electrons. The molecule has 1 rings (SSSR count). The highest BCUT2D eigenvalue weighted by molar-refractivity contribution is 5.40. The van der Waals surface area contributed by atoms with Gasteiger partial charge in [-0.25, -0.2) is 0 Å². The van der Waals surface area contributed by atoms with Crippen molar-refractivity contribution in [2.45, 2.75) is 104 Å². The van der Waals surface area contributed by atoms with Crippen molar-refractivity contribution in [1.82, 2.24) is 0 Å². The molecule has 0 spiro atoms. The second-order valence-corrected chi connectivity index (χ2v) is 8.16. The van der Waals surface area contributed by atoms with E-state index in [4.69, 9.17) is 0 Å². The molecule has 0 nitrogen and oxygen atoms in total. The second-order valence-electron chi connectivity index (χ2n) is 8.16. The minimum atomic E-state index is 0.277. The molecule has 0 aliphatic carbocycles. The van der Waals surface area contributed by atoms with Crippen LogP contribution < -0.4 is 0 Å². The van der Waals surface area contributed by atoms with Crippen LogP contribution in [0.15, 0.2) is 18.2 Å². The van der Waals surface area contributed by atoms with Gasteiger partial charge in [0.1, 0.15) is 0 Å². The van der Waals surface area contributed by atoms with Crippen LogP contribution in [0, 0.1) is 0 Å². The maximum Gasteiger partial charge on any atom is -0.0103 e. The van der Waals surface area contributed by atoms with Crippen LogP contribution in [0.1, 0.15) is 104 Å². The summed E-state index contributed by atoms with van der Waals surface area (Å²) in [6.07, 6.45) is 9.01. The van der Waals surface area contributed by atoms with Crippen molar-refractivity contribution >= 4 is 0 Å². The third kappa shape index (κ3) is 4.86. The average Bonchev–Trinajstić information content (AvgIpc) is 2.51. The molecular formula is C22H38. The number of hydrogen-bond acceptors (Lipinski definition) is 0. The van der Waals surface area contributed by atoms with E-state index >= 15 is 0 Å². The zero-order valence-electron chi connectivity index (χ0n) is 16.2. The summed E-state index contributed by atoms with van der Waals surface area (Å²) in [7, 11) is 0. The first-order chi connectivity index (χ1) is 10.3. The topological polar surface area (TPSA) is 0 Å². The Morgan fingerprint density at radius 1 is 0.773 bits per heavy atom. The molecule has 0 atom stereocenters. The lowest BCUT2D eigenvalue weighted by Crippen LogP contribution is -2.22. The Labute approximate surface area is 139 Å². The van der Waals surface area contributed by atoms with Crippen molar-refractivity contribution < 1.29 is 0 Å². The summed E-state index contributed by atoms with van der Waals surface area (Å²) in [6, 6.07) is 7.32. The maximum absolute atomic E-state index is 2.52. The zero-order chi connectivity index (χ0) is 16.8. The van der Waals surface area contributed by atoms with E-state index in [0.29, 0.717) is 0 Å². The summed E-state index contributed by atoms with van der Waals surface area (Å²) < 4.78 is 0. The monoisotopic (exact) mass is 302 g/mol. The van der Waals surface area contributed by atoms with Gasteiger partial charge in [-0.15, -0.1) is 0 Å². The van der Waals surface area contributed by atoms with Crippen molar-refractivity contribution in [3.8, 4) is 0 Å². The molecule has 0 heteroatoms. The predicted octanol–water partition coefficient (Wildman–Crippen LogP) is 7.18. The first-order valence-electron chi connectivity index (χ1n) is 9.42. The Bertz CT molecular complexity index is 451. The number of aryl methyl sites for hydroxylation is 1. The molecule has 0 heterocycles. The minimum Gasteiger partial charge on any atom is -0.0654 e. The van der Waals surface area contributed by atoms with E-state index in [1.54, 1.807) is 11.1 Å². The fourth-order valence-electron chi connectivity index (χ4n) is 2.98. The highest BCUT2D eigenvalue weighted by Gasteiger charge is 2.25. The van der Waals surface area contributed by atoms with Gasteiger partial charge in [-0.3, -0.25) is 0 Å². The molecule has 0 amide bonds. The zero-order valence-corrected chi connectivity index (χ0v) is 16.2. The summed E-state index contributed by atoms with van der Waals surface area (Å²) in [5, 5.41) is 0. The molecule has 0 fully saturated rings. The lowest BCUT2D eigenvalue weighted by atomic mass is 9.74. The van der Waals surface area contributed by atoms with E-state index in [9.17, 15) is 0 Å². The number of rotatable bonds is 9. The lowest BCUT2D eigenvalue weighted by Gasteiger charge is -2.31. The second kappa shape index (κ2) is 8.18. The van der Waals surface area contributed by atoms with Gasteiger partial charge < -0.3 is 0 Å². The van der Waals surface area contributed by atoms with Crippen molar-refractivity contribution in [2.75, 3.05) is 0 Å². The van der Waals surface area contributed by atoms with E-state index < -0.39 is 0 Å². The molecule has 22 heavy (non-hydrogen) atoms. The normalized spacial score (nSPS) is 12.7. The highest BCUT2D eigenvalue weighted by atomic mass is 14.3. The lowest BCUT2D eigenvalue weighted by molar-refractivity contribution is 0.484. The van der Waals surface area contributed by atoms with Crippen LogP contribution in [0.3, 0.4) is 0 Å². The summed E-state index contributed by atoms with van der Waals surface area (Å²) >= 11 is 0. The van der Waals surface area contributed by atoms with Crippen LogP contribution in [0.5, 0.6) is 0 Å². The molecule has 0 unspecified atom stereocenters. The fraction of sp³-hybridized carbons (Fsp3) is 0.727. The van der Waals surface area contributed by atoms with Crippen molar-refractivity contribution in [2.24, 2.45) is 0 Å². The van der Waals surface area contributed by atoms with Gasteiger partial charge >= 0.3 is 0 Å². The van der Waals surface area contributed by atoms with Crippen LogP contribution in [0.2, 0.25) is 0 Å². The molecule has 0 bridgehead atoms. The van der Waals surface area contributed by atoms with Gasteiger partial charge in [-0.2, -0.15) is 0 Å². The molecule has 0 saturated carbocycles. The third-order valence-corrected chi connectivity index (χ3v) is 5.69. The van der Waals surface area contributed by atoms with Crippen LogP contribution >= 0.6 is 0 Å². The SMILES string of the molecule is CCCCCCc1ccc(C(C)(C)CC)cc1C(C)(C)CC. The Morgan fingerprint density at radius 3 is 1.95 bits per heavy atom. The molecule has 0 aliphatic heterocycles. The Hall–Kier alpha value is -0.780. The van der Waals surface area contributed by atoms with Gasteiger partial charge in [0.05, 0.1) is 0 Å². The Kier molecular flexibility index (Phi) is 7.16. The maximum atomic E-state index is 2.52. The summed E-state index contributed by atoms with van der Waals surface area (Å²) in [5.74, 6) is 0. The number of benzene rings is 1. The van der Waals surface area contributed by atoms with Crippen LogP contribution in [-0.4, -0.2) is 0 Å². The number of hydrogen-bond donors (Lipinski definition) is 0. The number of unbranched alkanes of at least 4 members (excludes halogenated alkanes) is 3.